The zero-order chi connectivity index (χ0) is 16.9. The van der Waals surface area contributed by atoms with Crippen LogP contribution in [0.1, 0.15) is 22.6 Å². The van der Waals surface area contributed by atoms with Crippen molar-refractivity contribution < 1.29 is 4.74 Å². The maximum Gasteiger partial charge on any atom is 0.132 e. The Balaban J connectivity index is 1.83. The van der Waals surface area contributed by atoms with Gasteiger partial charge in [0.05, 0.1) is 13.2 Å². The molecule has 0 saturated carbocycles. The predicted molar refractivity (Wildman–Crippen MR) is 101 cm³/mol. The Labute approximate surface area is 148 Å². The number of benzene rings is 2. The van der Waals surface area contributed by atoms with Gasteiger partial charge in [-0.05, 0) is 17.2 Å². The Morgan fingerprint density at radius 2 is 1.36 bits per heavy atom. The summed E-state index contributed by atoms with van der Waals surface area (Å²) in [5, 5.41) is 0. The molecule has 0 bridgehead atoms. The summed E-state index contributed by atoms with van der Waals surface area (Å²) in [6, 6.07) is 25.6. The van der Waals surface area contributed by atoms with Crippen molar-refractivity contribution >= 4 is 5.82 Å². The summed E-state index contributed by atoms with van der Waals surface area (Å²) in [6.07, 6.45) is 1.89. The maximum atomic E-state index is 5.52. The lowest BCUT2D eigenvalue weighted by Gasteiger charge is -2.31. The lowest BCUT2D eigenvalue weighted by atomic mass is 9.85. The minimum Gasteiger partial charge on any atom is -0.378 e. The van der Waals surface area contributed by atoms with E-state index >= 15 is 0 Å². The molecule has 1 saturated heterocycles. The van der Waals surface area contributed by atoms with Gasteiger partial charge < -0.3 is 9.64 Å². The number of rotatable bonds is 4. The fourth-order valence-electron chi connectivity index (χ4n) is 3.52. The normalized spacial score (nSPS) is 14.7. The van der Waals surface area contributed by atoms with Gasteiger partial charge in [0.2, 0.25) is 0 Å². The van der Waals surface area contributed by atoms with Crippen LogP contribution in [0.2, 0.25) is 0 Å². The van der Waals surface area contributed by atoms with Crippen LogP contribution in [0.4, 0.5) is 5.82 Å². The molecule has 0 N–H and O–H groups in total. The maximum absolute atomic E-state index is 5.52. The zero-order valence-electron chi connectivity index (χ0n) is 14.2. The van der Waals surface area contributed by atoms with E-state index in [1.54, 1.807) is 0 Å². The van der Waals surface area contributed by atoms with E-state index in [-0.39, 0.29) is 5.92 Å². The molecule has 3 nitrogen and oxygen atoms in total. The van der Waals surface area contributed by atoms with E-state index in [0.29, 0.717) is 0 Å². The Hall–Kier alpha value is -2.65. The van der Waals surface area contributed by atoms with Gasteiger partial charge >= 0.3 is 0 Å². The molecular weight excluding hydrogens is 308 g/mol. The molecule has 25 heavy (non-hydrogen) atoms. The second kappa shape index (κ2) is 7.49. The van der Waals surface area contributed by atoms with Crippen molar-refractivity contribution in [1.29, 1.82) is 0 Å². The number of hydrogen-bond donors (Lipinski definition) is 0. The summed E-state index contributed by atoms with van der Waals surface area (Å²) in [7, 11) is 0. The van der Waals surface area contributed by atoms with Crippen LogP contribution in [-0.2, 0) is 4.74 Å². The average Bonchev–Trinajstić information content (AvgIpc) is 2.71. The van der Waals surface area contributed by atoms with Crippen LogP contribution in [-0.4, -0.2) is 31.3 Å². The van der Waals surface area contributed by atoms with Crippen LogP contribution in [0.15, 0.2) is 79.0 Å². The third-order valence-corrected chi connectivity index (χ3v) is 4.70. The molecule has 0 radical (unpaired) electrons. The molecule has 1 fully saturated rings. The first kappa shape index (κ1) is 15.9. The van der Waals surface area contributed by atoms with Gasteiger partial charge in [0, 0.05) is 30.8 Å². The first-order valence-electron chi connectivity index (χ1n) is 8.81. The highest BCUT2D eigenvalue weighted by atomic mass is 16.5. The van der Waals surface area contributed by atoms with Crippen molar-refractivity contribution in [3.8, 4) is 0 Å². The topological polar surface area (TPSA) is 25.4 Å². The van der Waals surface area contributed by atoms with Gasteiger partial charge in [0.15, 0.2) is 0 Å². The lowest BCUT2D eigenvalue weighted by Crippen LogP contribution is -2.37. The molecule has 2 aromatic carbocycles. The fraction of sp³-hybridized carbons (Fsp3) is 0.227. The Morgan fingerprint density at radius 3 is 1.96 bits per heavy atom. The van der Waals surface area contributed by atoms with Crippen molar-refractivity contribution in [3.05, 3.63) is 95.7 Å². The molecule has 0 unspecified atom stereocenters. The molecule has 0 amide bonds. The van der Waals surface area contributed by atoms with E-state index in [2.05, 4.69) is 71.6 Å². The van der Waals surface area contributed by atoms with Crippen molar-refractivity contribution in [2.45, 2.75) is 5.92 Å². The summed E-state index contributed by atoms with van der Waals surface area (Å²) in [4.78, 5) is 7.09. The van der Waals surface area contributed by atoms with Crippen LogP contribution in [0.5, 0.6) is 0 Å². The van der Waals surface area contributed by atoms with Crippen LogP contribution < -0.4 is 4.90 Å². The molecule has 3 heteroatoms. The van der Waals surface area contributed by atoms with Gasteiger partial charge in [-0.2, -0.15) is 0 Å². The van der Waals surface area contributed by atoms with E-state index in [9.17, 15) is 0 Å². The summed E-state index contributed by atoms with van der Waals surface area (Å²) in [6.45, 7) is 3.30. The first-order valence-corrected chi connectivity index (χ1v) is 8.81. The highest BCUT2D eigenvalue weighted by Gasteiger charge is 2.23. The number of nitrogens with zero attached hydrogens (tertiary/aromatic N) is 2. The van der Waals surface area contributed by atoms with Gasteiger partial charge in [-0.1, -0.05) is 66.7 Å². The van der Waals surface area contributed by atoms with Crippen molar-refractivity contribution in [3.63, 3.8) is 0 Å². The van der Waals surface area contributed by atoms with E-state index in [1.807, 2.05) is 12.3 Å². The third kappa shape index (κ3) is 3.42. The molecule has 2 heterocycles. The van der Waals surface area contributed by atoms with Gasteiger partial charge in [0.1, 0.15) is 5.82 Å². The minimum absolute atomic E-state index is 0.175. The summed E-state index contributed by atoms with van der Waals surface area (Å²) < 4.78 is 5.52. The summed E-state index contributed by atoms with van der Waals surface area (Å²) >= 11 is 0. The molecular formula is C22H22N2O. The number of anilines is 1. The Kier molecular flexibility index (Phi) is 4.75. The first-order chi connectivity index (χ1) is 12.4. The standard InChI is InChI=1S/C22H22N2O/c1-3-8-18(9-4-1)21(19-10-5-2-6-11-19)20-12-7-13-23-22(20)24-14-16-25-17-15-24/h1-13,21H,14-17H2. The molecule has 1 aliphatic heterocycles. The highest BCUT2D eigenvalue weighted by molar-refractivity contribution is 5.56. The molecule has 126 valence electrons. The van der Waals surface area contributed by atoms with Crippen molar-refractivity contribution in [2.75, 3.05) is 31.2 Å². The number of aromatic nitrogens is 1. The van der Waals surface area contributed by atoms with E-state index < -0.39 is 0 Å². The number of hydrogen-bond acceptors (Lipinski definition) is 3. The molecule has 1 aromatic heterocycles. The highest BCUT2D eigenvalue weighted by Crippen LogP contribution is 2.36. The van der Waals surface area contributed by atoms with Crippen LogP contribution in [0, 0.1) is 0 Å². The fourth-order valence-corrected chi connectivity index (χ4v) is 3.52. The van der Waals surface area contributed by atoms with E-state index in [1.165, 1.54) is 16.7 Å². The lowest BCUT2D eigenvalue weighted by molar-refractivity contribution is 0.122. The monoisotopic (exact) mass is 330 g/mol. The largest absolute Gasteiger partial charge is 0.378 e. The van der Waals surface area contributed by atoms with Crippen molar-refractivity contribution in [2.24, 2.45) is 0 Å². The van der Waals surface area contributed by atoms with E-state index in [0.717, 1.165) is 32.1 Å². The molecule has 1 aliphatic rings. The summed E-state index contributed by atoms with van der Waals surface area (Å²) in [5.74, 6) is 1.25. The molecule has 0 atom stereocenters. The zero-order valence-corrected chi connectivity index (χ0v) is 14.2. The van der Waals surface area contributed by atoms with Crippen LogP contribution in [0.3, 0.4) is 0 Å². The minimum atomic E-state index is 0.175. The van der Waals surface area contributed by atoms with Gasteiger partial charge in [-0.3, -0.25) is 0 Å². The second-order valence-corrected chi connectivity index (χ2v) is 6.27. The summed E-state index contributed by atoms with van der Waals surface area (Å²) in [5.41, 5.74) is 3.83. The number of pyridine rings is 1. The number of ether oxygens (including phenoxy) is 1. The molecule has 0 spiro atoms. The van der Waals surface area contributed by atoms with Crippen LogP contribution >= 0.6 is 0 Å². The van der Waals surface area contributed by atoms with Crippen molar-refractivity contribution in [1.82, 2.24) is 4.98 Å². The molecule has 3 aromatic rings. The van der Waals surface area contributed by atoms with Gasteiger partial charge in [-0.25, -0.2) is 4.98 Å². The SMILES string of the molecule is c1ccc(C(c2ccccc2)c2cccnc2N2CCOCC2)cc1. The second-order valence-electron chi connectivity index (χ2n) is 6.27. The van der Waals surface area contributed by atoms with Gasteiger partial charge in [-0.15, -0.1) is 0 Å². The average molecular weight is 330 g/mol. The number of morpholine rings is 1. The molecule has 4 rings (SSSR count). The Morgan fingerprint density at radius 1 is 0.760 bits per heavy atom. The third-order valence-electron chi connectivity index (χ3n) is 4.70. The smallest absolute Gasteiger partial charge is 0.132 e. The van der Waals surface area contributed by atoms with E-state index in [4.69, 9.17) is 9.72 Å². The quantitative estimate of drug-likeness (QED) is 0.720. The predicted octanol–water partition coefficient (Wildman–Crippen LogP) is 4.10. The Bertz CT molecular complexity index is 759. The van der Waals surface area contributed by atoms with Crippen LogP contribution in [0.25, 0.3) is 0 Å². The molecule has 0 aliphatic carbocycles. The van der Waals surface area contributed by atoms with Gasteiger partial charge in [0.25, 0.3) is 0 Å².